The molecule has 1 saturated heterocycles. The second kappa shape index (κ2) is 6.77. The van der Waals surface area contributed by atoms with Gasteiger partial charge in [-0.15, -0.1) is 0 Å². The Balaban J connectivity index is 2.35. The maximum atomic E-state index is 11.1. The summed E-state index contributed by atoms with van der Waals surface area (Å²) in [5, 5.41) is 0. The molecule has 0 aromatic rings. The third-order valence-electron chi connectivity index (χ3n) is 3.34. The first-order valence-corrected chi connectivity index (χ1v) is 6.32. The first-order valence-electron chi connectivity index (χ1n) is 6.32. The van der Waals surface area contributed by atoms with Crippen molar-refractivity contribution in [2.75, 3.05) is 33.3 Å². The van der Waals surface area contributed by atoms with Crippen molar-refractivity contribution < 1.29 is 9.53 Å². The highest BCUT2D eigenvalue weighted by Gasteiger charge is 2.25. The number of likely N-dealkylation sites (N-methyl/N-ethyl adjacent to an activating group) is 1. The Kier molecular flexibility index (Phi) is 5.65. The Labute approximate surface area is 104 Å². The summed E-state index contributed by atoms with van der Waals surface area (Å²) >= 11 is 0. The van der Waals surface area contributed by atoms with Crippen LogP contribution in [0.4, 0.5) is 0 Å². The summed E-state index contributed by atoms with van der Waals surface area (Å²) in [6.07, 6.45) is 3.42. The van der Waals surface area contributed by atoms with Crippen LogP contribution >= 0.6 is 0 Å². The summed E-state index contributed by atoms with van der Waals surface area (Å²) in [4.78, 5) is 15.9. The standard InChI is InChI=1S/C13H24N2O2/c1-5-17-13(16)7-6-8-15-9-11(2)14(4)12(3)10-15/h6-7,11-12H,5,8-10H2,1-4H3/b7-6+. The van der Waals surface area contributed by atoms with Gasteiger partial charge in [-0.3, -0.25) is 9.80 Å². The summed E-state index contributed by atoms with van der Waals surface area (Å²) in [6.45, 7) is 9.64. The maximum absolute atomic E-state index is 11.1. The summed E-state index contributed by atoms with van der Waals surface area (Å²) < 4.78 is 4.84. The van der Waals surface area contributed by atoms with E-state index in [2.05, 4.69) is 30.7 Å². The average Bonchev–Trinajstić information content (AvgIpc) is 2.26. The van der Waals surface area contributed by atoms with Gasteiger partial charge >= 0.3 is 5.97 Å². The Morgan fingerprint density at radius 1 is 1.35 bits per heavy atom. The molecule has 0 bridgehead atoms. The van der Waals surface area contributed by atoms with E-state index in [1.807, 2.05) is 13.0 Å². The molecule has 1 aliphatic heterocycles. The summed E-state index contributed by atoms with van der Waals surface area (Å²) in [5.74, 6) is -0.247. The van der Waals surface area contributed by atoms with E-state index >= 15 is 0 Å². The van der Waals surface area contributed by atoms with Crippen molar-refractivity contribution in [3.8, 4) is 0 Å². The molecule has 1 heterocycles. The maximum Gasteiger partial charge on any atom is 0.330 e. The topological polar surface area (TPSA) is 32.8 Å². The number of hydrogen-bond donors (Lipinski definition) is 0. The van der Waals surface area contributed by atoms with Gasteiger partial charge in [-0.2, -0.15) is 0 Å². The second-order valence-corrected chi connectivity index (χ2v) is 4.74. The van der Waals surface area contributed by atoms with E-state index in [-0.39, 0.29) is 5.97 Å². The highest BCUT2D eigenvalue weighted by molar-refractivity contribution is 5.81. The molecule has 0 aliphatic carbocycles. The highest BCUT2D eigenvalue weighted by Crippen LogP contribution is 2.12. The Morgan fingerprint density at radius 2 is 1.94 bits per heavy atom. The first kappa shape index (κ1) is 14.2. The van der Waals surface area contributed by atoms with E-state index in [0.29, 0.717) is 18.7 Å². The zero-order chi connectivity index (χ0) is 12.8. The van der Waals surface area contributed by atoms with Gasteiger partial charge in [0.15, 0.2) is 0 Å². The van der Waals surface area contributed by atoms with Crippen molar-refractivity contribution in [2.45, 2.75) is 32.9 Å². The van der Waals surface area contributed by atoms with Gasteiger partial charge in [0.1, 0.15) is 0 Å². The highest BCUT2D eigenvalue weighted by atomic mass is 16.5. The first-order chi connectivity index (χ1) is 8.04. The molecule has 1 rings (SSSR count). The summed E-state index contributed by atoms with van der Waals surface area (Å²) in [6, 6.07) is 1.13. The van der Waals surface area contributed by atoms with E-state index in [1.54, 1.807) is 0 Å². The molecule has 4 heteroatoms. The monoisotopic (exact) mass is 240 g/mol. The van der Waals surface area contributed by atoms with Gasteiger partial charge in [0.25, 0.3) is 0 Å². The van der Waals surface area contributed by atoms with Gasteiger partial charge in [0.2, 0.25) is 0 Å². The van der Waals surface area contributed by atoms with Crippen LogP contribution in [0.15, 0.2) is 12.2 Å². The quantitative estimate of drug-likeness (QED) is 0.545. The van der Waals surface area contributed by atoms with Crippen LogP contribution in [0.3, 0.4) is 0 Å². The number of nitrogens with zero attached hydrogens (tertiary/aromatic N) is 2. The van der Waals surface area contributed by atoms with Crippen LogP contribution in [0.2, 0.25) is 0 Å². The van der Waals surface area contributed by atoms with Gasteiger partial charge < -0.3 is 4.74 Å². The SMILES string of the molecule is CCOC(=O)/C=C/CN1CC(C)N(C)C(C)C1. The van der Waals surface area contributed by atoms with Crippen LogP contribution in [-0.4, -0.2) is 61.1 Å². The predicted molar refractivity (Wildman–Crippen MR) is 68.9 cm³/mol. The van der Waals surface area contributed by atoms with Gasteiger partial charge in [0.05, 0.1) is 6.61 Å². The fourth-order valence-electron chi connectivity index (χ4n) is 2.15. The van der Waals surface area contributed by atoms with Crippen molar-refractivity contribution in [3.05, 3.63) is 12.2 Å². The number of hydrogen-bond acceptors (Lipinski definition) is 4. The van der Waals surface area contributed by atoms with Crippen molar-refractivity contribution in [2.24, 2.45) is 0 Å². The number of piperazine rings is 1. The van der Waals surface area contributed by atoms with Crippen LogP contribution in [0.5, 0.6) is 0 Å². The molecular formula is C13H24N2O2. The Hall–Kier alpha value is -0.870. The van der Waals surface area contributed by atoms with Gasteiger partial charge in [-0.25, -0.2) is 4.79 Å². The molecule has 0 aromatic heterocycles. The summed E-state index contributed by atoms with van der Waals surface area (Å²) in [7, 11) is 2.17. The van der Waals surface area contributed by atoms with Crippen LogP contribution in [0.1, 0.15) is 20.8 Å². The minimum Gasteiger partial charge on any atom is -0.463 e. The van der Waals surface area contributed by atoms with Crippen LogP contribution in [-0.2, 0) is 9.53 Å². The lowest BCUT2D eigenvalue weighted by Crippen LogP contribution is -2.54. The van der Waals surface area contributed by atoms with Gasteiger partial charge in [-0.1, -0.05) is 6.08 Å². The molecule has 2 atom stereocenters. The molecule has 0 N–H and O–H groups in total. The molecule has 98 valence electrons. The molecule has 4 nitrogen and oxygen atoms in total. The number of carbonyl (C=O) groups excluding carboxylic acids is 1. The lowest BCUT2D eigenvalue weighted by atomic mass is 10.1. The number of esters is 1. The molecular weight excluding hydrogens is 216 g/mol. The van der Waals surface area contributed by atoms with E-state index in [0.717, 1.165) is 19.6 Å². The molecule has 0 spiro atoms. The van der Waals surface area contributed by atoms with Crippen molar-refractivity contribution in [3.63, 3.8) is 0 Å². The smallest absolute Gasteiger partial charge is 0.330 e. The zero-order valence-electron chi connectivity index (χ0n) is 11.3. The van der Waals surface area contributed by atoms with E-state index in [4.69, 9.17) is 4.74 Å². The Morgan fingerprint density at radius 3 is 2.47 bits per heavy atom. The fraction of sp³-hybridized carbons (Fsp3) is 0.769. The molecule has 0 saturated carbocycles. The van der Waals surface area contributed by atoms with E-state index in [9.17, 15) is 4.79 Å². The van der Waals surface area contributed by atoms with Crippen molar-refractivity contribution in [1.82, 2.24) is 9.80 Å². The third-order valence-corrected chi connectivity index (χ3v) is 3.34. The summed E-state index contributed by atoms with van der Waals surface area (Å²) in [5.41, 5.74) is 0. The molecule has 0 amide bonds. The van der Waals surface area contributed by atoms with Crippen LogP contribution < -0.4 is 0 Å². The van der Waals surface area contributed by atoms with E-state index in [1.165, 1.54) is 6.08 Å². The van der Waals surface area contributed by atoms with Gasteiger partial charge in [-0.05, 0) is 27.8 Å². The molecule has 0 radical (unpaired) electrons. The van der Waals surface area contributed by atoms with Crippen LogP contribution in [0.25, 0.3) is 0 Å². The lowest BCUT2D eigenvalue weighted by molar-refractivity contribution is -0.137. The average molecular weight is 240 g/mol. The molecule has 2 unspecified atom stereocenters. The van der Waals surface area contributed by atoms with Crippen molar-refractivity contribution >= 4 is 5.97 Å². The Bertz CT molecular complexity index is 267. The van der Waals surface area contributed by atoms with E-state index < -0.39 is 0 Å². The minimum absolute atomic E-state index is 0.247. The molecule has 0 aromatic carbocycles. The molecule has 1 fully saturated rings. The number of ether oxygens (including phenoxy) is 1. The zero-order valence-corrected chi connectivity index (χ0v) is 11.3. The number of rotatable bonds is 4. The normalized spacial score (nSPS) is 27.5. The minimum atomic E-state index is -0.247. The lowest BCUT2D eigenvalue weighted by Gasteiger charge is -2.42. The molecule has 17 heavy (non-hydrogen) atoms. The predicted octanol–water partition coefficient (Wildman–Crippen LogP) is 1.13. The second-order valence-electron chi connectivity index (χ2n) is 4.74. The molecule has 1 aliphatic rings. The van der Waals surface area contributed by atoms with Crippen LogP contribution in [0, 0.1) is 0 Å². The fourth-order valence-corrected chi connectivity index (χ4v) is 2.15. The van der Waals surface area contributed by atoms with Gasteiger partial charge in [0, 0.05) is 37.8 Å². The number of carbonyl (C=O) groups is 1. The largest absolute Gasteiger partial charge is 0.463 e. The third kappa shape index (κ3) is 4.48. The van der Waals surface area contributed by atoms with Crippen molar-refractivity contribution in [1.29, 1.82) is 0 Å².